The summed E-state index contributed by atoms with van der Waals surface area (Å²) in [5, 5.41) is 15.6. The quantitative estimate of drug-likeness (QED) is 0.347. The van der Waals surface area contributed by atoms with E-state index in [1.165, 1.54) is 0 Å². The van der Waals surface area contributed by atoms with E-state index in [2.05, 4.69) is 27.7 Å². The fourth-order valence-corrected chi connectivity index (χ4v) is 1.44. The molecule has 6 heteroatoms. The average Bonchev–Trinajstić information content (AvgIpc) is 2.67. The fraction of sp³-hybridized carbons (Fsp3) is 0.909. The van der Waals surface area contributed by atoms with Gasteiger partial charge >= 0.3 is 11.9 Å². The first-order valence-corrected chi connectivity index (χ1v) is 11.0. The van der Waals surface area contributed by atoms with Gasteiger partial charge in [0.05, 0.1) is 13.2 Å². The Bertz CT molecular complexity index is 280. The molecule has 0 rings (SSSR count). The summed E-state index contributed by atoms with van der Waals surface area (Å²) in [6.07, 6.45) is 9.27. The van der Waals surface area contributed by atoms with Crippen molar-refractivity contribution in [1.82, 2.24) is 0 Å². The van der Waals surface area contributed by atoms with Crippen molar-refractivity contribution >= 4 is 11.9 Å². The summed E-state index contributed by atoms with van der Waals surface area (Å²) >= 11 is 0. The first kappa shape index (κ1) is 34.4. The second kappa shape index (κ2) is 36.7. The van der Waals surface area contributed by atoms with E-state index in [0.717, 1.165) is 51.4 Å². The molecule has 28 heavy (non-hydrogen) atoms. The van der Waals surface area contributed by atoms with Gasteiger partial charge in [0, 0.05) is 26.1 Å². The SMILES string of the molecule is CCCCC(=O)OCC.CCCCO.CCCCOC(=O)CCCC.CCO. The maximum absolute atomic E-state index is 10.9. The van der Waals surface area contributed by atoms with Crippen LogP contribution in [0, 0.1) is 0 Å². The fourth-order valence-electron chi connectivity index (χ4n) is 1.44. The molecule has 0 bridgehead atoms. The van der Waals surface area contributed by atoms with Crippen LogP contribution in [-0.2, 0) is 19.1 Å². The van der Waals surface area contributed by atoms with Crippen molar-refractivity contribution in [3.63, 3.8) is 0 Å². The molecule has 0 saturated carbocycles. The number of aliphatic hydroxyl groups excluding tert-OH is 2. The predicted molar refractivity (Wildman–Crippen MR) is 116 cm³/mol. The highest BCUT2D eigenvalue weighted by Crippen LogP contribution is 1.97. The van der Waals surface area contributed by atoms with E-state index >= 15 is 0 Å². The molecule has 0 aliphatic rings. The van der Waals surface area contributed by atoms with Gasteiger partial charge in [-0.25, -0.2) is 0 Å². The van der Waals surface area contributed by atoms with E-state index in [1.54, 1.807) is 6.92 Å². The summed E-state index contributed by atoms with van der Waals surface area (Å²) in [5.41, 5.74) is 0. The summed E-state index contributed by atoms with van der Waals surface area (Å²) in [6, 6.07) is 0. The van der Waals surface area contributed by atoms with Crippen LogP contribution in [0.15, 0.2) is 0 Å². The van der Waals surface area contributed by atoms with Crippen LogP contribution in [0.2, 0.25) is 0 Å². The van der Waals surface area contributed by atoms with E-state index in [0.29, 0.717) is 32.7 Å². The van der Waals surface area contributed by atoms with Crippen LogP contribution in [0.3, 0.4) is 0 Å². The maximum Gasteiger partial charge on any atom is 0.305 e. The third-order valence-corrected chi connectivity index (χ3v) is 3.05. The molecule has 0 radical (unpaired) electrons. The van der Waals surface area contributed by atoms with E-state index in [1.807, 2.05) is 6.92 Å². The van der Waals surface area contributed by atoms with Crippen LogP contribution < -0.4 is 0 Å². The first-order valence-electron chi connectivity index (χ1n) is 11.0. The molecule has 0 amide bonds. The van der Waals surface area contributed by atoms with Gasteiger partial charge < -0.3 is 19.7 Å². The van der Waals surface area contributed by atoms with Gasteiger partial charge in [0.2, 0.25) is 0 Å². The zero-order chi connectivity index (χ0) is 22.5. The Kier molecular flexibility index (Phi) is 45.1. The zero-order valence-corrected chi connectivity index (χ0v) is 19.4. The molecule has 0 spiro atoms. The molecule has 0 heterocycles. The summed E-state index contributed by atoms with van der Waals surface area (Å²) < 4.78 is 9.65. The minimum Gasteiger partial charge on any atom is -0.466 e. The number of hydrogen-bond donors (Lipinski definition) is 2. The Morgan fingerprint density at radius 2 is 1.04 bits per heavy atom. The second-order valence-corrected chi connectivity index (χ2v) is 5.98. The molecule has 0 aromatic heterocycles. The number of carbonyl (C=O) groups is 2. The van der Waals surface area contributed by atoms with Gasteiger partial charge in [0.15, 0.2) is 0 Å². The molecule has 0 aromatic carbocycles. The molecule has 0 saturated heterocycles. The lowest BCUT2D eigenvalue weighted by atomic mass is 10.2. The largest absolute Gasteiger partial charge is 0.466 e. The van der Waals surface area contributed by atoms with Crippen molar-refractivity contribution in [2.75, 3.05) is 26.4 Å². The number of unbranched alkanes of at least 4 members (excludes halogenated alkanes) is 4. The van der Waals surface area contributed by atoms with Crippen molar-refractivity contribution in [3.05, 3.63) is 0 Å². The summed E-state index contributed by atoms with van der Waals surface area (Å²) in [6.45, 7) is 13.5. The third-order valence-electron chi connectivity index (χ3n) is 3.05. The van der Waals surface area contributed by atoms with Crippen LogP contribution in [0.4, 0.5) is 0 Å². The zero-order valence-electron chi connectivity index (χ0n) is 19.4. The number of esters is 2. The molecule has 0 aliphatic carbocycles. The van der Waals surface area contributed by atoms with Gasteiger partial charge in [-0.1, -0.05) is 53.4 Å². The van der Waals surface area contributed by atoms with E-state index in [-0.39, 0.29) is 18.5 Å². The summed E-state index contributed by atoms with van der Waals surface area (Å²) in [4.78, 5) is 21.4. The van der Waals surface area contributed by atoms with Gasteiger partial charge in [-0.15, -0.1) is 0 Å². The Morgan fingerprint density at radius 1 is 0.643 bits per heavy atom. The van der Waals surface area contributed by atoms with Gasteiger partial charge in [-0.3, -0.25) is 9.59 Å². The predicted octanol–water partition coefficient (Wildman–Crippen LogP) is 5.04. The van der Waals surface area contributed by atoms with Gasteiger partial charge in [-0.05, 0) is 39.5 Å². The minimum absolute atomic E-state index is 0.0414. The Balaban J connectivity index is -0.000000152. The highest BCUT2D eigenvalue weighted by molar-refractivity contribution is 5.69. The lowest BCUT2D eigenvalue weighted by Gasteiger charge is -2.01. The van der Waals surface area contributed by atoms with Crippen molar-refractivity contribution in [2.24, 2.45) is 0 Å². The lowest BCUT2D eigenvalue weighted by molar-refractivity contribution is -0.144. The maximum atomic E-state index is 10.9. The van der Waals surface area contributed by atoms with Crippen LogP contribution in [0.25, 0.3) is 0 Å². The molecule has 0 atom stereocenters. The van der Waals surface area contributed by atoms with Crippen molar-refractivity contribution in [1.29, 1.82) is 0 Å². The normalized spacial score (nSPS) is 8.86. The van der Waals surface area contributed by atoms with Gasteiger partial charge in [-0.2, -0.15) is 0 Å². The van der Waals surface area contributed by atoms with Crippen LogP contribution in [0.5, 0.6) is 0 Å². The number of carbonyl (C=O) groups excluding carboxylic acids is 2. The highest BCUT2D eigenvalue weighted by atomic mass is 16.5. The third kappa shape index (κ3) is 49.8. The van der Waals surface area contributed by atoms with Crippen molar-refractivity contribution < 1.29 is 29.3 Å². The monoisotopic (exact) mass is 408 g/mol. The molecule has 0 aliphatic heterocycles. The molecular weight excluding hydrogens is 360 g/mol. The smallest absolute Gasteiger partial charge is 0.305 e. The number of hydrogen-bond acceptors (Lipinski definition) is 6. The number of aliphatic hydroxyl groups is 2. The van der Waals surface area contributed by atoms with E-state index < -0.39 is 0 Å². The van der Waals surface area contributed by atoms with Gasteiger partial charge in [0.25, 0.3) is 0 Å². The number of ether oxygens (including phenoxy) is 2. The Morgan fingerprint density at radius 3 is 1.32 bits per heavy atom. The van der Waals surface area contributed by atoms with E-state index in [4.69, 9.17) is 19.7 Å². The summed E-state index contributed by atoms with van der Waals surface area (Å²) in [5.74, 6) is -0.111. The number of rotatable bonds is 12. The molecule has 6 nitrogen and oxygen atoms in total. The van der Waals surface area contributed by atoms with Crippen LogP contribution in [-0.4, -0.2) is 48.6 Å². The summed E-state index contributed by atoms with van der Waals surface area (Å²) in [7, 11) is 0. The molecule has 0 aromatic rings. The molecule has 0 fully saturated rings. The highest BCUT2D eigenvalue weighted by Gasteiger charge is 1.99. The van der Waals surface area contributed by atoms with Crippen molar-refractivity contribution in [3.8, 4) is 0 Å². The average molecular weight is 409 g/mol. The minimum atomic E-state index is -0.0700. The lowest BCUT2D eigenvalue weighted by Crippen LogP contribution is -2.04. The molecular formula is C22H48O6. The van der Waals surface area contributed by atoms with Gasteiger partial charge in [0.1, 0.15) is 0 Å². The van der Waals surface area contributed by atoms with Crippen LogP contribution >= 0.6 is 0 Å². The Labute approximate surface area is 174 Å². The topological polar surface area (TPSA) is 93.1 Å². The van der Waals surface area contributed by atoms with Crippen molar-refractivity contribution in [2.45, 2.75) is 106 Å². The molecule has 172 valence electrons. The molecule has 2 N–H and O–H groups in total. The van der Waals surface area contributed by atoms with Crippen LogP contribution in [0.1, 0.15) is 106 Å². The standard InChI is InChI=1S/C9H18O2.C7H14O2.C4H10O.C2H6O/c1-3-5-7-9(10)11-8-6-4-2;1-3-5-6-7(8)9-4-2;1-2-3-4-5;1-2-3/h3-8H2,1-2H3;3-6H2,1-2H3;5H,2-4H2,1H3;3H,2H2,1H3. The van der Waals surface area contributed by atoms with E-state index in [9.17, 15) is 9.59 Å². The Hall–Kier alpha value is -1.14. The first-order chi connectivity index (χ1) is 13.4. The molecule has 0 unspecified atom stereocenters. The second-order valence-electron chi connectivity index (χ2n) is 5.98.